The Morgan fingerprint density at radius 1 is 1.35 bits per heavy atom. The van der Waals surface area contributed by atoms with E-state index < -0.39 is 0 Å². The predicted octanol–water partition coefficient (Wildman–Crippen LogP) is 2.50. The van der Waals surface area contributed by atoms with Gasteiger partial charge < -0.3 is 15.2 Å². The van der Waals surface area contributed by atoms with Gasteiger partial charge in [-0.25, -0.2) is 0 Å². The summed E-state index contributed by atoms with van der Waals surface area (Å²) in [4.78, 5) is 23.3. The van der Waals surface area contributed by atoms with E-state index >= 15 is 0 Å². The van der Waals surface area contributed by atoms with Crippen LogP contribution in [0.1, 0.15) is 52.9 Å². The molecule has 1 amide bonds. The molecule has 1 rings (SSSR count). The quantitative estimate of drug-likeness (QED) is 0.618. The number of hydrogen-bond donors (Lipinski definition) is 2. The van der Waals surface area contributed by atoms with Crippen LogP contribution in [0, 0.1) is 5.92 Å². The Kier molecular flexibility index (Phi) is 8.62. The lowest BCUT2D eigenvalue weighted by Gasteiger charge is -2.25. The summed E-state index contributed by atoms with van der Waals surface area (Å²) in [6.07, 6.45) is 9.36. The minimum atomic E-state index is -0.277. The van der Waals surface area contributed by atoms with E-state index in [9.17, 15) is 9.59 Å². The Morgan fingerprint density at radius 3 is 2.74 bits per heavy atom. The molecule has 0 aromatic heterocycles. The van der Waals surface area contributed by atoms with E-state index in [0.717, 1.165) is 31.3 Å². The molecule has 0 bridgehead atoms. The van der Waals surface area contributed by atoms with Crippen LogP contribution in [0.4, 0.5) is 0 Å². The molecule has 0 aromatic rings. The molecule has 3 atom stereocenters. The molecule has 1 unspecified atom stereocenters. The number of rotatable bonds is 3. The lowest BCUT2D eigenvalue weighted by molar-refractivity contribution is -0.144. The van der Waals surface area contributed by atoms with Gasteiger partial charge in [-0.05, 0) is 38.2 Å². The number of ether oxygens (including phenoxy) is 1. The number of esters is 1. The Morgan fingerprint density at radius 2 is 2.09 bits per heavy atom. The van der Waals surface area contributed by atoms with Crippen LogP contribution >= 0.6 is 0 Å². The first-order valence-corrected chi connectivity index (χ1v) is 8.36. The number of nitrogens with one attached hydrogen (secondary N) is 1. The summed E-state index contributed by atoms with van der Waals surface area (Å²) >= 11 is 0. The van der Waals surface area contributed by atoms with Crippen molar-refractivity contribution in [1.29, 1.82) is 0 Å². The van der Waals surface area contributed by atoms with Crippen LogP contribution in [0.2, 0.25) is 0 Å². The summed E-state index contributed by atoms with van der Waals surface area (Å²) < 4.78 is 5.34. The Bertz CT molecular complexity index is 456. The van der Waals surface area contributed by atoms with Gasteiger partial charge in [0.2, 0.25) is 5.91 Å². The van der Waals surface area contributed by atoms with Crippen LogP contribution in [0.5, 0.6) is 0 Å². The van der Waals surface area contributed by atoms with Crippen molar-refractivity contribution in [3.05, 3.63) is 23.8 Å². The zero-order valence-corrected chi connectivity index (χ0v) is 14.4. The van der Waals surface area contributed by atoms with Crippen molar-refractivity contribution >= 4 is 11.9 Å². The predicted molar refractivity (Wildman–Crippen MR) is 89.7 cm³/mol. The van der Waals surface area contributed by atoms with Crippen LogP contribution in [-0.2, 0) is 14.3 Å². The molecule has 0 saturated carbocycles. The molecule has 5 heteroatoms. The molecule has 1 aliphatic rings. The molecule has 0 aliphatic carbocycles. The fourth-order valence-corrected chi connectivity index (χ4v) is 2.80. The molecule has 0 aromatic carbocycles. The zero-order chi connectivity index (χ0) is 17.2. The standard InChI is InChI=1S/C18H29NO4/c1-13-9-10-16(23-15(3)21)7-5-4-6-8-17(22)19-18(13)14(2)11-12-20/h9-11,13,16,18,20H,4-8,12H2,1-3H3,(H,19,22)/b10-9+,14-11+/t13-,16?,18-/m0/s1. The second kappa shape index (κ2) is 10.2. The maximum absolute atomic E-state index is 12.1. The van der Waals surface area contributed by atoms with Crippen LogP contribution in [0.3, 0.4) is 0 Å². The van der Waals surface area contributed by atoms with Gasteiger partial charge in [0.25, 0.3) is 0 Å². The van der Waals surface area contributed by atoms with Gasteiger partial charge in [-0.1, -0.05) is 31.1 Å². The second-order valence-electron chi connectivity index (χ2n) is 6.17. The Labute approximate surface area is 138 Å². The van der Waals surface area contributed by atoms with Crippen LogP contribution < -0.4 is 5.32 Å². The summed E-state index contributed by atoms with van der Waals surface area (Å²) in [6, 6.07) is -0.164. The molecule has 2 N–H and O–H groups in total. The molecular weight excluding hydrogens is 294 g/mol. The van der Waals surface area contributed by atoms with Crippen molar-refractivity contribution < 1.29 is 19.4 Å². The molecule has 0 radical (unpaired) electrons. The topological polar surface area (TPSA) is 75.6 Å². The van der Waals surface area contributed by atoms with Gasteiger partial charge in [0, 0.05) is 13.3 Å². The van der Waals surface area contributed by atoms with E-state index in [1.807, 2.05) is 26.0 Å². The first-order valence-electron chi connectivity index (χ1n) is 8.36. The number of aliphatic hydroxyl groups excluding tert-OH is 1. The van der Waals surface area contributed by atoms with E-state index in [0.29, 0.717) is 6.42 Å². The van der Waals surface area contributed by atoms with E-state index in [1.165, 1.54) is 6.92 Å². The highest BCUT2D eigenvalue weighted by Crippen LogP contribution is 2.18. The van der Waals surface area contributed by atoms with Gasteiger partial charge in [0.05, 0.1) is 12.6 Å². The van der Waals surface area contributed by atoms with Crippen molar-refractivity contribution in [2.24, 2.45) is 5.92 Å². The number of carbonyl (C=O) groups excluding carboxylic acids is 2. The van der Waals surface area contributed by atoms with Gasteiger partial charge in [-0.2, -0.15) is 0 Å². The van der Waals surface area contributed by atoms with Crippen molar-refractivity contribution in [3.63, 3.8) is 0 Å². The lowest BCUT2D eigenvalue weighted by Crippen LogP contribution is -2.40. The number of carbonyl (C=O) groups is 2. The lowest BCUT2D eigenvalue weighted by atomic mass is 9.93. The monoisotopic (exact) mass is 323 g/mol. The molecule has 0 spiro atoms. The maximum atomic E-state index is 12.1. The molecule has 5 nitrogen and oxygen atoms in total. The van der Waals surface area contributed by atoms with Gasteiger partial charge >= 0.3 is 5.97 Å². The number of aliphatic hydroxyl groups is 1. The van der Waals surface area contributed by atoms with Crippen molar-refractivity contribution in [2.45, 2.75) is 65.0 Å². The highest BCUT2D eigenvalue weighted by atomic mass is 16.5. The van der Waals surface area contributed by atoms with E-state index in [2.05, 4.69) is 5.32 Å². The van der Waals surface area contributed by atoms with Crippen LogP contribution in [-0.4, -0.2) is 35.7 Å². The van der Waals surface area contributed by atoms with E-state index in [4.69, 9.17) is 9.84 Å². The maximum Gasteiger partial charge on any atom is 0.303 e. The van der Waals surface area contributed by atoms with Crippen LogP contribution in [0.15, 0.2) is 23.8 Å². The molecule has 1 aliphatic heterocycles. The molecule has 0 saturated heterocycles. The highest BCUT2D eigenvalue weighted by Gasteiger charge is 2.20. The molecule has 0 fully saturated rings. The van der Waals surface area contributed by atoms with Crippen molar-refractivity contribution in [1.82, 2.24) is 5.32 Å². The Hall–Kier alpha value is -1.62. The van der Waals surface area contributed by atoms with Crippen molar-refractivity contribution in [2.75, 3.05) is 6.61 Å². The fourth-order valence-electron chi connectivity index (χ4n) is 2.80. The summed E-state index contributed by atoms with van der Waals surface area (Å²) in [5, 5.41) is 12.2. The van der Waals surface area contributed by atoms with Crippen molar-refractivity contribution in [3.8, 4) is 0 Å². The molecule has 1 heterocycles. The summed E-state index contributed by atoms with van der Waals surface area (Å²) in [7, 11) is 0. The average Bonchev–Trinajstić information content (AvgIpc) is 2.47. The number of hydrogen-bond acceptors (Lipinski definition) is 4. The molecule has 23 heavy (non-hydrogen) atoms. The highest BCUT2D eigenvalue weighted by molar-refractivity contribution is 5.76. The van der Waals surface area contributed by atoms with Gasteiger partial charge in [0.1, 0.15) is 6.10 Å². The van der Waals surface area contributed by atoms with E-state index in [1.54, 1.807) is 6.08 Å². The SMILES string of the molecule is CC(=O)OC1/C=C/[C@H](C)[C@@H](/C(C)=C/CO)NC(=O)CCCCC1. The minimum absolute atomic E-state index is 0.0399. The molecule has 130 valence electrons. The smallest absolute Gasteiger partial charge is 0.303 e. The third kappa shape index (κ3) is 7.46. The average molecular weight is 323 g/mol. The van der Waals surface area contributed by atoms with Gasteiger partial charge in [-0.3, -0.25) is 9.59 Å². The third-order valence-electron chi connectivity index (χ3n) is 4.09. The summed E-state index contributed by atoms with van der Waals surface area (Å²) in [5.74, 6) is -0.196. The fraction of sp³-hybridized carbons (Fsp3) is 0.667. The summed E-state index contributed by atoms with van der Waals surface area (Å²) in [6.45, 7) is 5.28. The first kappa shape index (κ1) is 19.4. The minimum Gasteiger partial charge on any atom is -0.458 e. The second-order valence-corrected chi connectivity index (χ2v) is 6.17. The van der Waals surface area contributed by atoms with Crippen LogP contribution in [0.25, 0.3) is 0 Å². The van der Waals surface area contributed by atoms with Gasteiger partial charge in [0.15, 0.2) is 0 Å². The first-order chi connectivity index (χ1) is 10.9. The zero-order valence-electron chi connectivity index (χ0n) is 14.4. The largest absolute Gasteiger partial charge is 0.458 e. The third-order valence-corrected chi connectivity index (χ3v) is 4.09. The van der Waals surface area contributed by atoms with E-state index in [-0.39, 0.29) is 36.5 Å². The number of amides is 1. The Balaban J connectivity index is 2.94. The molecular formula is C18H29NO4. The van der Waals surface area contributed by atoms with Gasteiger partial charge in [-0.15, -0.1) is 0 Å². The normalized spacial score (nSPS) is 29.0. The summed E-state index contributed by atoms with van der Waals surface area (Å²) in [5.41, 5.74) is 0.930.